The Morgan fingerprint density at radius 3 is 2.74 bits per heavy atom. The average molecular weight is 530 g/mol. The lowest BCUT2D eigenvalue weighted by atomic mass is 10.0. The Morgan fingerprint density at radius 2 is 1.93 bits per heavy atom. The molecule has 0 spiro atoms. The highest BCUT2D eigenvalue weighted by Gasteiger charge is 2.24. The minimum atomic E-state index is 0.530. The van der Waals surface area contributed by atoms with E-state index < -0.39 is 0 Å². The number of imidazole rings is 1. The Kier molecular flexibility index (Phi) is 4.24. The molecule has 1 aliphatic rings. The van der Waals surface area contributed by atoms with Crippen molar-refractivity contribution in [1.82, 2.24) is 9.55 Å². The molecule has 132 valence electrons. The van der Waals surface area contributed by atoms with Crippen molar-refractivity contribution in [2.75, 3.05) is 0 Å². The number of hydrogen-bond acceptors (Lipinski definition) is 3. The molecule has 0 amide bonds. The first-order valence-corrected chi connectivity index (χ1v) is 10.3. The Hall–Kier alpha value is -2.19. The summed E-state index contributed by atoms with van der Waals surface area (Å²) in [4.78, 5) is 9.61. The number of halogens is 2. The topological polar surface area (TPSA) is 43.3 Å². The number of fused-ring (bicyclic) bond motifs is 3. The van der Waals surface area contributed by atoms with Gasteiger partial charge >= 0.3 is 0 Å². The van der Waals surface area contributed by atoms with Crippen LogP contribution in [0.2, 0.25) is 0 Å². The van der Waals surface area contributed by atoms with E-state index in [1.165, 1.54) is 3.57 Å². The second kappa shape index (κ2) is 6.76. The van der Waals surface area contributed by atoms with E-state index in [-0.39, 0.29) is 0 Å². The van der Waals surface area contributed by atoms with E-state index >= 15 is 0 Å². The summed E-state index contributed by atoms with van der Waals surface area (Å²) in [6, 6.07) is 18.4. The molecular weight excluding hydrogens is 517 g/mol. The van der Waals surface area contributed by atoms with Crippen LogP contribution >= 0.6 is 38.5 Å². The van der Waals surface area contributed by atoms with E-state index in [0.29, 0.717) is 6.54 Å². The Balaban J connectivity index is 1.77. The lowest BCUT2D eigenvalue weighted by Gasteiger charge is -2.13. The van der Waals surface area contributed by atoms with Gasteiger partial charge in [-0.1, -0.05) is 34.1 Å². The summed E-state index contributed by atoms with van der Waals surface area (Å²) in [6.07, 6.45) is 3.53. The third-order valence-electron chi connectivity index (χ3n) is 4.61. The molecule has 0 fully saturated rings. The number of aromatic nitrogens is 2. The van der Waals surface area contributed by atoms with Crippen molar-refractivity contribution in [2.45, 2.75) is 6.54 Å². The second-order valence-electron chi connectivity index (χ2n) is 6.19. The van der Waals surface area contributed by atoms with Crippen LogP contribution < -0.4 is 0 Å². The number of nitrogens with zero attached hydrogens (tertiary/aromatic N) is 3. The molecule has 0 N–H and O–H groups in total. The zero-order chi connectivity index (χ0) is 18.4. The third kappa shape index (κ3) is 2.87. The second-order valence-corrected chi connectivity index (χ2v) is 8.27. The van der Waals surface area contributed by atoms with E-state index in [2.05, 4.69) is 78.4 Å². The SMILES string of the molecule is Brc1ccc2c(c1)C(c1ccccc1I)=NCc1c(-c3ccco3)ncn1-2. The quantitative estimate of drug-likeness (QED) is 0.306. The van der Waals surface area contributed by atoms with E-state index in [9.17, 15) is 0 Å². The van der Waals surface area contributed by atoms with E-state index in [1.807, 2.05) is 30.6 Å². The molecule has 5 rings (SSSR count). The summed E-state index contributed by atoms with van der Waals surface area (Å²) >= 11 is 5.98. The molecule has 0 saturated heterocycles. The maximum absolute atomic E-state index is 5.59. The highest BCUT2D eigenvalue weighted by molar-refractivity contribution is 14.1. The maximum atomic E-state index is 5.59. The molecular formula is C21H13BrIN3O. The number of rotatable bonds is 2. The maximum Gasteiger partial charge on any atom is 0.154 e. The van der Waals surface area contributed by atoms with E-state index in [1.54, 1.807) is 6.26 Å². The number of hydrogen-bond donors (Lipinski definition) is 0. The van der Waals surface area contributed by atoms with Gasteiger partial charge in [0.2, 0.25) is 0 Å². The van der Waals surface area contributed by atoms with Gasteiger partial charge in [-0.25, -0.2) is 4.98 Å². The largest absolute Gasteiger partial charge is 0.463 e. The first-order valence-electron chi connectivity index (χ1n) is 8.42. The molecule has 0 aliphatic carbocycles. The fourth-order valence-corrected chi connectivity index (χ4v) is 4.39. The summed E-state index contributed by atoms with van der Waals surface area (Å²) in [6.45, 7) is 0.530. The zero-order valence-corrected chi connectivity index (χ0v) is 17.8. The van der Waals surface area contributed by atoms with Crippen LogP contribution in [0, 0.1) is 3.57 Å². The minimum Gasteiger partial charge on any atom is -0.463 e. The molecule has 3 heterocycles. The molecule has 0 unspecified atom stereocenters. The van der Waals surface area contributed by atoms with Crippen molar-refractivity contribution in [1.29, 1.82) is 0 Å². The molecule has 0 radical (unpaired) electrons. The monoisotopic (exact) mass is 529 g/mol. The Labute approximate surface area is 178 Å². The van der Waals surface area contributed by atoms with Gasteiger partial charge in [0, 0.05) is 19.2 Å². The van der Waals surface area contributed by atoms with Crippen molar-refractivity contribution in [2.24, 2.45) is 4.99 Å². The number of aliphatic imine (C=N–C) groups is 1. The van der Waals surface area contributed by atoms with E-state index in [0.717, 1.165) is 44.1 Å². The van der Waals surface area contributed by atoms with Crippen LogP contribution in [0.25, 0.3) is 17.1 Å². The fraction of sp³-hybridized carbons (Fsp3) is 0.0476. The van der Waals surface area contributed by atoms with Crippen LogP contribution in [0.3, 0.4) is 0 Å². The van der Waals surface area contributed by atoms with Gasteiger partial charge < -0.3 is 4.42 Å². The molecule has 4 aromatic rings. The summed E-state index contributed by atoms with van der Waals surface area (Å²) in [5.41, 5.74) is 6.13. The highest BCUT2D eigenvalue weighted by atomic mass is 127. The van der Waals surface area contributed by atoms with Crippen LogP contribution in [0.5, 0.6) is 0 Å². The summed E-state index contributed by atoms with van der Waals surface area (Å²) in [5.74, 6) is 0.760. The van der Waals surface area contributed by atoms with Gasteiger partial charge in [0.25, 0.3) is 0 Å². The van der Waals surface area contributed by atoms with Gasteiger partial charge in [0.1, 0.15) is 12.0 Å². The molecule has 0 bridgehead atoms. The van der Waals surface area contributed by atoms with Crippen molar-refractivity contribution in [3.8, 4) is 17.1 Å². The normalized spacial score (nSPS) is 12.9. The van der Waals surface area contributed by atoms with Crippen molar-refractivity contribution in [3.05, 3.63) is 92.1 Å². The van der Waals surface area contributed by atoms with Crippen LogP contribution in [-0.4, -0.2) is 15.3 Å². The molecule has 2 aromatic carbocycles. The molecule has 2 aromatic heterocycles. The Bertz CT molecular complexity index is 1180. The number of benzene rings is 2. The minimum absolute atomic E-state index is 0.530. The fourth-order valence-electron chi connectivity index (χ4n) is 3.38. The zero-order valence-electron chi connectivity index (χ0n) is 14.1. The van der Waals surface area contributed by atoms with Crippen LogP contribution in [0.15, 0.2) is 81.1 Å². The summed E-state index contributed by atoms with van der Waals surface area (Å²) in [7, 11) is 0. The molecule has 0 atom stereocenters. The molecule has 4 nitrogen and oxygen atoms in total. The smallest absolute Gasteiger partial charge is 0.154 e. The predicted molar refractivity (Wildman–Crippen MR) is 117 cm³/mol. The van der Waals surface area contributed by atoms with Crippen LogP contribution in [0.4, 0.5) is 0 Å². The van der Waals surface area contributed by atoms with Crippen LogP contribution in [-0.2, 0) is 6.54 Å². The summed E-state index contributed by atoms with van der Waals surface area (Å²) < 4.78 is 9.91. The first-order chi connectivity index (χ1) is 13.2. The van der Waals surface area contributed by atoms with Crippen molar-refractivity contribution in [3.63, 3.8) is 0 Å². The number of furan rings is 1. The first kappa shape index (κ1) is 16.9. The lowest BCUT2D eigenvalue weighted by Crippen LogP contribution is -2.08. The van der Waals surface area contributed by atoms with Gasteiger partial charge in [0.15, 0.2) is 5.76 Å². The van der Waals surface area contributed by atoms with Gasteiger partial charge in [-0.2, -0.15) is 0 Å². The van der Waals surface area contributed by atoms with E-state index in [4.69, 9.17) is 9.41 Å². The van der Waals surface area contributed by atoms with Gasteiger partial charge in [-0.15, -0.1) is 0 Å². The molecule has 0 saturated carbocycles. The highest BCUT2D eigenvalue weighted by Crippen LogP contribution is 2.33. The van der Waals surface area contributed by atoms with Crippen molar-refractivity contribution >= 4 is 44.2 Å². The van der Waals surface area contributed by atoms with Gasteiger partial charge in [-0.05, 0) is 59.0 Å². The molecule has 1 aliphatic heterocycles. The standard InChI is InChI=1S/C21H13BrIN3O/c22-13-7-8-17-15(10-13)20(14-4-1-2-5-16(14)23)24-11-18-21(25-12-26(17)18)19-6-3-9-27-19/h1-10,12H,11H2. The van der Waals surface area contributed by atoms with Crippen LogP contribution in [0.1, 0.15) is 16.8 Å². The lowest BCUT2D eigenvalue weighted by molar-refractivity contribution is 0.579. The van der Waals surface area contributed by atoms with Crippen molar-refractivity contribution < 1.29 is 4.42 Å². The molecule has 6 heteroatoms. The Morgan fingerprint density at radius 1 is 1.04 bits per heavy atom. The predicted octanol–water partition coefficient (Wildman–Crippen LogP) is 5.85. The summed E-state index contributed by atoms with van der Waals surface area (Å²) in [5, 5.41) is 0. The van der Waals surface area contributed by atoms with Gasteiger partial charge in [0.05, 0.1) is 29.9 Å². The van der Waals surface area contributed by atoms with Gasteiger partial charge in [-0.3, -0.25) is 9.56 Å². The molecule has 27 heavy (non-hydrogen) atoms. The third-order valence-corrected chi connectivity index (χ3v) is 6.04. The average Bonchev–Trinajstić information content (AvgIpc) is 3.30.